The summed E-state index contributed by atoms with van der Waals surface area (Å²) in [6, 6.07) is 8.98. The standard InChI is InChI=1S/C15H12N2O6/c1-23-15(20)12-8-10(4-7-13(12)18)16-14(19)9-2-5-11(6-3-9)17(21)22/h2-8,18H,1H3,(H,16,19). The van der Waals surface area contributed by atoms with Gasteiger partial charge in [-0.15, -0.1) is 0 Å². The fourth-order valence-corrected chi connectivity index (χ4v) is 1.83. The van der Waals surface area contributed by atoms with Gasteiger partial charge in [-0.2, -0.15) is 0 Å². The Labute approximate surface area is 130 Å². The number of rotatable bonds is 4. The molecule has 0 aliphatic rings. The second-order valence-corrected chi connectivity index (χ2v) is 4.48. The van der Waals surface area contributed by atoms with Gasteiger partial charge in [0.2, 0.25) is 0 Å². The number of methoxy groups -OCH3 is 1. The van der Waals surface area contributed by atoms with E-state index in [0.29, 0.717) is 0 Å². The number of nitrogens with zero attached hydrogens (tertiary/aromatic N) is 1. The Morgan fingerprint density at radius 3 is 2.39 bits per heavy atom. The summed E-state index contributed by atoms with van der Waals surface area (Å²) in [5, 5.41) is 22.7. The lowest BCUT2D eigenvalue weighted by Crippen LogP contribution is -2.12. The highest BCUT2D eigenvalue weighted by atomic mass is 16.6. The molecule has 0 saturated carbocycles. The number of benzene rings is 2. The third-order valence-corrected chi connectivity index (χ3v) is 3.00. The average Bonchev–Trinajstić information content (AvgIpc) is 2.55. The van der Waals surface area contributed by atoms with E-state index in [1.807, 2.05) is 0 Å². The van der Waals surface area contributed by atoms with E-state index < -0.39 is 16.8 Å². The fourth-order valence-electron chi connectivity index (χ4n) is 1.83. The Hall–Kier alpha value is -3.42. The van der Waals surface area contributed by atoms with Gasteiger partial charge >= 0.3 is 5.97 Å². The van der Waals surface area contributed by atoms with E-state index in [1.165, 1.54) is 49.6 Å². The molecule has 2 aromatic carbocycles. The van der Waals surface area contributed by atoms with Gasteiger partial charge in [0, 0.05) is 23.4 Å². The molecule has 0 bridgehead atoms. The second-order valence-electron chi connectivity index (χ2n) is 4.48. The molecule has 23 heavy (non-hydrogen) atoms. The van der Waals surface area contributed by atoms with Crippen LogP contribution >= 0.6 is 0 Å². The number of aromatic hydroxyl groups is 1. The molecule has 8 nitrogen and oxygen atoms in total. The van der Waals surface area contributed by atoms with E-state index in [2.05, 4.69) is 10.1 Å². The number of nitro benzene ring substituents is 1. The molecule has 2 aromatic rings. The van der Waals surface area contributed by atoms with Crippen LogP contribution in [0.3, 0.4) is 0 Å². The van der Waals surface area contributed by atoms with Crippen molar-refractivity contribution in [1.29, 1.82) is 0 Å². The van der Waals surface area contributed by atoms with Crippen molar-refractivity contribution in [2.75, 3.05) is 12.4 Å². The first kappa shape index (κ1) is 16.0. The van der Waals surface area contributed by atoms with Gasteiger partial charge in [0.05, 0.1) is 12.0 Å². The van der Waals surface area contributed by atoms with Crippen molar-refractivity contribution in [3.05, 3.63) is 63.7 Å². The number of phenolic OH excluding ortho intramolecular Hbond substituents is 1. The minimum absolute atomic E-state index is 0.0889. The number of ether oxygens (including phenoxy) is 1. The summed E-state index contributed by atoms with van der Waals surface area (Å²) >= 11 is 0. The molecule has 2 rings (SSSR count). The number of carbonyl (C=O) groups is 2. The number of anilines is 1. The Kier molecular flexibility index (Phi) is 4.55. The average molecular weight is 316 g/mol. The number of phenols is 1. The highest BCUT2D eigenvalue weighted by molar-refractivity contribution is 6.05. The van der Waals surface area contributed by atoms with Crippen molar-refractivity contribution < 1.29 is 24.4 Å². The van der Waals surface area contributed by atoms with Crippen LogP contribution in [0.1, 0.15) is 20.7 Å². The van der Waals surface area contributed by atoms with E-state index in [4.69, 9.17) is 0 Å². The molecule has 0 unspecified atom stereocenters. The summed E-state index contributed by atoms with van der Waals surface area (Å²) in [5.41, 5.74) is 0.267. The Balaban J connectivity index is 2.20. The van der Waals surface area contributed by atoms with Crippen molar-refractivity contribution >= 4 is 23.3 Å². The smallest absolute Gasteiger partial charge is 0.341 e. The van der Waals surface area contributed by atoms with Gasteiger partial charge in [-0.3, -0.25) is 14.9 Å². The number of hydrogen-bond donors (Lipinski definition) is 2. The third-order valence-electron chi connectivity index (χ3n) is 3.00. The van der Waals surface area contributed by atoms with Crippen LogP contribution in [0.5, 0.6) is 5.75 Å². The molecule has 0 aliphatic heterocycles. The third kappa shape index (κ3) is 3.62. The van der Waals surface area contributed by atoms with Gasteiger partial charge in [0.15, 0.2) is 0 Å². The molecule has 0 atom stereocenters. The molecule has 0 aromatic heterocycles. The van der Waals surface area contributed by atoms with Gasteiger partial charge in [0.1, 0.15) is 11.3 Å². The SMILES string of the molecule is COC(=O)c1cc(NC(=O)c2ccc([N+](=O)[O-])cc2)ccc1O. The second kappa shape index (κ2) is 6.56. The minimum atomic E-state index is -0.742. The zero-order valence-electron chi connectivity index (χ0n) is 12.0. The molecule has 0 radical (unpaired) electrons. The maximum absolute atomic E-state index is 12.1. The monoisotopic (exact) mass is 316 g/mol. The van der Waals surface area contributed by atoms with Crippen LogP contribution in [0.4, 0.5) is 11.4 Å². The first-order valence-corrected chi connectivity index (χ1v) is 6.39. The first-order valence-electron chi connectivity index (χ1n) is 6.39. The van der Waals surface area contributed by atoms with Crippen LogP contribution in [0, 0.1) is 10.1 Å². The van der Waals surface area contributed by atoms with Crippen LogP contribution in [0.2, 0.25) is 0 Å². The van der Waals surface area contributed by atoms with E-state index in [-0.39, 0.29) is 28.3 Å². The predicted octanol–water partition coefficient (Wildman–Crippen LogP) is 2.34. The summed E-state index contributed by atoms with van der Waals surface area (Å²) in [6.07, 6.45) is 0. The fraction of sp³-hybridized carbons (Fsp3) is 0.0667. The number of hydrogen-bond acceptors (Lipinski definition) is 6. The van der Waals surface area contributed by atoms with Gasteiger partial charge in [0.25, 0.3) is 11.6 Å². The van der Waals surface area contributed by atoms with Crippen molar-refractivity contribution in [3.8, 4) is 5.75 Å². The highest BCUT2D eigenvalue weighted by Crippen LogP contribution is 2.23. The van der Waals surface area contributed by atoms with Crippen molar-refractivity contribution in [1.82, 2.24) is 0 Å². The summed E-state index contributed by atoms with van der Waals surface area (Å²) < 4.78 is 4.52. The molecule has 0 heterocycles. The molecule has 2 N–H and O–H groups in total. The van der Waals surface area contributed by atoms with Gasteiger partial charge in [-0.1, -0.05) is 0 Å². The van der Waals surface area contributed by atoms with Crippen molar-refractivity contribution in [2.45, 2.75) is 0 Å². The quantitative estimate of drug-likeness (QED) is 0.387. The molecular weight excluding hydrogens is 304 g/mol. The topological polar surface area (TPSA) is 119 Å². The zero-order valence-corrected chi connectivity index (χ0v) is 12.0. The van der Waals surface area contributed by atoms with Crippen molar-refractivity contribution in [2.24, 2.45) is 0 Å². The summed E-state index contributed by atoms with van der Waals surface area (Å²) in [4.78, 5) is 33.6. The summed E-state index contributed by atoms with van der Waals surface area (Å²) in [7, 11) is 1.17. The lowest BCUT2D eigenvalue weighted by Gasteiger charge is -2.08. The maximum atomic E-state index is 12.1. The molecule has 8 heteroatoms. The van der Waals surface area contributed by atoms with Crippen LogP contribution < -0.4 is 5.32 Å². The van der Waals surface area contributed by atoms with Crippen LogP contribution in [0.15, 0.2) is 42.5 Å². The number of nitrogens with one attached hydrogen (secondary N) is 1. The molecule has 1 amide bonds. The molecular formula is C15H12N2O6. The normalized spacial score (nSPS) is 9.96. The minimum Gasteiger partial charge on any atom is -0.507 e. The lowest BCUT2D eigenvalue weighted by atomic mass is 10.1. The largest absolute Gasteiger partial charge is 0.507 e. The van der Waals surface area contributed by atoms with E-state index in [9.17, 15) is 24.8 Å². The number of nitro groups is 1. The number of carbonyl (C=O) groups excluding carboxylic acids is 2. The van der Waals surface area contributed by atoms with E-state index in [0.717, 1.165) is 0 Å². The Morgan fingerprint density at radius 2 is 1.83 bits per heavy atom. The van der Waals surface area contributed by atoms with Gasteiger partial charge in [-0.25, -0.2) is 4.79 Å². The van der Waals surface area contributed by atoms with Crippen molar-refractivity contribution in [3.63, 3.8) is 0 Å². The van der Waals surface area contributed by atoms with E-state index >= 15 is 0 Å². The van der Waals surface area contributed by atoms with Gasteiger partial charge < -0.3 is 15.2 Å². The Morgan fingerprint density at radius 1 is 1.17 bits per heavy atom. The lowest BCUT2D eigenvalue weighted by molar-refractivity contribution is -0.384. The predicted molar refractivity (Wildman–Crippen MR) is 80.5 cm³/mol. The summed E-state index contributed by atoms with van der Waals surface area (Å²) in [6.45, 7) is 0. The molecule has 0 aliphatic carbocycles. The molecule has 0 spiro atoms. The maximum Gasteiger partial charge on any atom is 0.341 e. The van der Waals surface area contributed by atoms with Crippen LogP contribution in [-0.2, 0) is 4.74 Å². The van der Waals surface area contributed by atoms with Gasteiger partial charge in [-0.05, 0) is 30.3 Å². The molecule has 0 saturated heterocycles. The number of esters is 1. The highest BCUT2D eigenvalue weighted by Gasteiger charge is 2.14. The number of amides is 1. The van der Waals surface area contributed by atoms with Crippen LogP contribution in [0.25, 0.3) is 0 Å². The molecule has 118 valence electrons. The summed E-state index contributed by atoms with van der Waals surface area (Å²) in [5.74, 6) is -1.53. The Bertz CT molecular complexity index is 770. The molecule has 0 fully saturated rings. The van der Waals surface area contributed by atoms with E-state index in [1.54, 1.807) is 0 Å². The zero-order chi connectivity index (χ0) is 17.0. The van der Waals surface area contributed by atoms with Crippen LogP contribution in [-0.4, -0.2) is 29.0 Å². The first-order chi connectivity index (χ1) is 10.9. The number of non-ortho nitro benzene ring substituents is 1.